The number of fused-ring (bicyclic) bond motifs is 1. The van der Waals surface area contributed by atoms with E-state index in [-0.39, 0.29) is 11.7 Å². The van der Waals surface area contributed by atoms with E-state index in [1.807, 2.05) is 36.4 Å². The predicted octanol–water partition coefficient (Wildman–Crippen LogP) is 2.99. The summed E-state index contributed by atoms with van der Waals surface area (Å²) in [5.74, 6) is 0.221. The van der Waals surface area contributed by atoms with Gasteiger partial charge in [-0.3, -0.25) is 9.78 Å². The van der Waals surface area contributed by atoms with Crippen LogP contribution in [0.15, 0.2) is 48.8 Å². The Labute approximate surface area is 100 Å². The van der Waals surface area contributed by atoms with Gasteiger partial charge in [0, 0.05) is 23.9 Å². The first-order valence-electron chi connectivity index (χ1n) is 5.88. The summed E-state index contributed by atoms with van der Waals surface area (Å²) in [4.78, 5) is 16.5. The molecule has 0 fully saturated rings. The fourth-order valence-electron chi connectivity index (χ4n) is 2.50. The number of nitrogens with zero attached hydrogens (tertiary/aromatic N) is 1. The van der Waals surface area contributed by atoms with Gasteiger partial charge >= 0.3 is 0 Å². The maximum absolute atomic E-state index is 12.4. The van der Waals surface area contributed by atoms with Crippen molar-refractivity contribution >= 4 is 5.78 Å². The van der Waals surface area contributed by atoms with Crippen molar-refractivity contribution in [3.63, 3.8) is 0 Å². The van der Waals surface area contributed by atoms with Crippen molar-refractivity contribution in [2.24, 2.45) is 0 Å². The van der Waals surface area contributed by atoms with E-state index in [4.69, 9.17) is 0 Å². The van der Waals surface area contributed by atoms with E-state index < -0.39 is 0 Å². The van der Waals surface area contributed by atoms with Crippen LogP contribution in [0.1, 0.15) is 33.8 Å². The fourth-order valence-corrected chi connectivity index (χ4v) is 2.50. The Morgan fingerprint density at radius 3 is 2.82 bits per heavy atom. The molecule has 0 spiro atoms. The van der Waals surface area contributed by atoms with Gasteiger partial charge in [0.05, 0.1) is 0 Å². The Morgan fingerprint density at radius 1 is 1.12 bits per heavy atom. The summed E-state index contributed by atoms with van der Waals surface area (Å²) in [6.07, 6.45) is 5.41. The second kappa shape index (κ2) is 4.13. The van der Waals surface area contributed by atoms with Crippen LogP contribution in [-0.2, 0) is 6.42 Å². The Balaban J connectivity index is 2.00. The summed E-state index contributed by atoms with van der Waals surface area (Å²) < 4.78 is 0. The summed E-state index contributed by atoms with van der Waals surface area (Å²) >= 11 is 0. The van der Waals surface area contributed by atoms with E-state index in [2.05, 4.69) is 4.98 Å². The van der Waals surface area contributed by atoms with E-state index in [0.29, 0.717) is 0 Å². The molecule has 0 N–H and O–H groups in total. The van der Waals surface area contributed by atoms with E-state index in [0.717, 1.165) is 24.0 Å². The Kier molecular flexibility index (Phi) is 2.48. The van der Waals surface area contributed by atoms with Gasteiger partial charge in [-0.15, -0.1) is 0 Å². The highest BCUT2D eigenvalue weighted by Gasteiger charge is 2.28. The van der Waals surface area contributed by atoms with Crippen LogP contribution in [0.5, 0.6) is 0 Å². The highest BCUT2D eigenvalue weighted by molar-refractivity contribution is 6.03. The van der Waals surface area contributed by atoms with Crippen LogP contribution in [0.4, 0.5) is 0 Å². The molecule has 0 saturated carbocycles. The van der Waals surface area contributed by atoms with Crippen molar-refractivity contribution in [3.8, 4) is 0 Å². The number of carbonyl (C=O) groups excluding carboxylic acids is 1. The van der Waals surface area contributed by atoms with Gasteiger partial charge in [0.2, 0.25) is 0 Å². The number of pyridine rings is 1. The third kappa shape index (κ3) is 1.76. The maximum atomic E-state index is 12.4. The molecule has 2 heteroatoms. The molecular formula is C15H13NO. The lowest BCUT2D eigenvalue weighted by Gasteiger charge is -2.23. The molecule has 0 radical (unpaired) electrons. The van der Waals surface area contributed by atoms with E-state index >= 15 is 0 Å². The number of ketones is 1. The minimum absolute atomic E-state index is 0.0152. The monoisotopic (exact) mass is 223 g/mol. The largest absolute Gasteiger partial charge is 0.293 e. The lowest BCUT2D eigenvalue weighted by atomic mass is 9.80. The summed E-state index contributed by atoms with van der Waals surface area (Å²) in [5.41, 5.74) is 3.09. The second-order valence-corrected chi connectivity index (χ2v) is 4.40. The highest BCUT2D eigenvalue weighted by Crippen LogP contribution is 2.31. The molecule has 1 aliphatic carbocycles. The number of hydrogen-bond acceptors (Lipinski definition) is 2. The quantitative estimate of drug-likeness (QED) is 0.744. The molecule has 1 unspecified atom stereocenters. The van der Waals surface area contributed by atoms with Crippen molar-refractivity contribution in [3.05, 3.63) is 65.5 Å². The van der Waals surface area contributed by atoms with Gasteiger partial charge in [0.25, 0.3) is 0 Å². The lowest BCUT2D eigenvalue weighted by Crippen LogP contribution is -2.20. The molecule has 3 rings (SSSR count). The van der Waals surface area contributed by atoms with Gasteiger partial charge in [-0.25, -0.2) is 0 Å². The molecule has 2 aromatic rings. The van der Waals surface area contributed by atoms with Gasteiger partial charge in [-0.2, -0.15) is 0 Å². The van der Waals surface area contributed by atoms with Crippen molar-refractivity contribution in [2.75, 3.05) is 0 Å². The first-order chi connectivity index (χ1) is 8.36. The second-order valence-electron chi connectivity index (χ2n) is 4.40. The molecule has 84 valence electrons. The van der Waals surface area contributed by atoms with Crippen LogP contribution >= 0.6 is 0 Å². The normalized spacial score (nSPS) is 18.8. The smallest absolute Gasteiger partial charge is 0.170 e. The molecular weight excluding hydrogens is 210 g/mol. The molecule has 1 atom stereocenters. The summed E-state index contributed by atoms with van der Waals surface area (Å²) in [6.45, 7) is 0. The molecule has 1 aromatic heterocycles. The van der Waals surface area contributed by atoms with E-state index in [1.54, 1.807) is 12.4 Å². The van der Waals surface area contributed by atoms with Crippen LogP contribution in [0, 0.1) is 0 Å². The number of carbonyl (C=O) groups is 1. The minimum atomic E-state index is -0.0152. The number of aromatic nitrogens is 1. The predicted molar refractivity (Wildman–Crippen MR) is 66.1 cm³/mol. The van der Waals surface area contributed by atoms with Crippen LogP contribution < -0.4 is 0 Å². The average Bonchev–Trinajstić information content (AvgIpc) is 2.40. The molecule has 0 aliphatic heterocycles. The zero-order valence-electron chi connectivity index (χ0n) is 9.47. The van der Waals surface area contributed by atoms with Gasteiger partial charge in [-0.05, 0) is 30.0 Å². The van der Waals surface area contributed by atoms with Crippen molar-refractivity contribution in [1.82, 2.24) is 4.98 Å². The number of hydrogen-bond donors (Lipinski definition) is 0. The Hall–Kier alpha value is -1.96. The highest BCUT2D eigenvalue weighted by atomic mass is 16.1. The van der Waals surface area contributed by atoms with Gasteiger partial charge < -0.3 is 0 Å². The van der Waals surface area contributed by atoms with Crippen LogP contribution in [0.3, 0.4) is 0 Å². The summed E-state index contributed by atoms with van der Waals surface area (Å²) in [7, 11) is 0. The topological polar surface area (TPSA) is 30.0 Å². The van der Waals surface area contributed by atoms with Gasteiger partial charge in [-0.1, -0.05) is 30.3 Å². The third-order valence-corrected chi connectivity index (χ3v) is 3.39. The summed E-state index contributed by atoms with van der Waals surface area (Å²) in [5, 5.41) is 0. The molecule has 1 heterocycles. The van der Waals surface area contributed by atoms with Crippen LogP contribution in [-0.4, -0.2) is 10.8 Å². The van der Waals surface area contributed by atoms with Gasteiger partial charge in [0.15, 0.2) is 5.78 Å². The zero-order chi connectivity index (χ0) is 11.7. The Morgan fingerprint density at radius 2 is 2.00 bits per heavy atom. The van der Waals surface area contributed by atoms with Gasteiger partial charge in [0.1, 0.15) is 0 Å². The number of benzene rings is 1. The number of rotatable bonds is 1. The average molecular weight is 223 g/mol. The standard InChI is InChI=1S/C15H13NO/c17-15-13-6-2-1-4-11(13)7-8-14(15)12-5-3-9-16-10-12/h1-6,9-10,14H,7-8H2. The van der Waals surface area contributed by atoms with Crippen molar-refractivity contribution in [1.29, 1.82) is 0 Å². The van der Waals surface area contributed by atoms with Crippen molar-refractivity contribution < 1.29 is 4.79 Å². The third-order valence-electron chi connectivity index (χ3n) is 3.39. The van der Waals surface area contributed by atoms with Crippen molar-refractivity contribution in [2.45, 2.75) is 18.8 Å². The first-order valence-corrected chi connectivity index (χ1v) is 5.88. The number of Topliss-reactive ketones (excluding diaryl/α,β-unsaturated/α-hetero) is 1. The molecule has 1 aromatic carbocycles. The number of aryl methyl sites for hydroxylation is 1. The first kappa shape index (κ1) is 10.2. The Bertz CT molecular complexity index is 548. The van der Waals surface area contributed by atoms with Crippen LogP contribution in [0.25, 0.3) is 0 Å². The molecule has 0 amide bonds. The summed E-state index contributed by atoms with van der Waals surface area (Å²) in [6, 6.07) is 11.8. The molecule has 1 aliphatic rings. The molecule has 17 heavy (non-hydrogen) atoms. The maximum Gasteiger partial charge on any atom is 0.170 e. The van der Waals surface area contributed by atoms with E-state index in [9.17, 15) is 4.79 Å². The van der Waals surface area contributed by atoms with Crippen LogP contribution in [0.2, 0.25) is 0 Å². The zero-order valence-corrected chi connectivity index (χ0v) is 9.47. The minimum Gasteiger partial charge on any atom is -0.293 e. The molecule has 0 saturated heterocycles. The molecule has 2 nitrogen and oxygen atoms in total. The molecule has 0 bridgehead atoms. The fraction of sp³-hybridized carbons (Fsp3) is 0.200. The SMILES string of the molecule is O=C1c2ccccc2CCC1c1cccnc1. The van der Waals surface area contributed by atoms with E-state index in [1.165, 1.54) is 5.56 Å². The lowest BCUT2D eigenvalue weighted by molar-refractivity contribution is 0.0946.